The molecule has 336 valence electrons. The van der Waals surface area contributed by atoms with E-state index in [0.29, 0.717) is 67.0 Å². The third-order valence-corrected chi connectivity index (χ3v) is 10.7. The van der Waals surface area contributed by atoms with Gasteiger partial charge in [-0.1, -0.05) is 48.8 Å². The van der Waals surface area contributed by atoms with Crippen LogP contribution in [0.5, 0.6) is 11.5 Å². The van der Waals surface area contributed by atoms with Gasteiger partial charge in [-0.05, 0) is 135 Å². The van der Waals surface area contributed by atoms with Crippen molar-refractivity contribution >= 4 is 56.8 Å². The molecule has 0 bridgehead atoms. The van der Waals surface area contributed by atoms with E-state index in [4.69, 9.17) is 28.4 Å². The van der Waals surface area contributed by atoms with Crippen LogP contribution in [0.1, 0.15) is 88.8 Å². The number of anilines is 1. The van der Waals surface area contributed by atoms with Gasteiger partial charge in [0.2, 0.25) is 5.13 Å². The second kappa shape index (κ2) is 27.3. The Labute approximate surface area is 378 Å². The number of ether oxygens (including phenoxy) is 6. The van der Waals surface area contributed by atoms with Crippen LogP contribution in [0.25, 0.3) is 10.2 Å². The Bertz CT molecular complexity index is 2270. The first kappa shape index (κ1) is 48.2. The fraction of sp³-hybridized carbons (Fsp3) is 0.320. The Hall–Kier alpha value is -6.80. The summed E-state index contributed by atoms with van der Waals surface area (Å²) >= 11 is 1.50. The predicted octanol–water partition coefficient (Wildman–Crippen LogP) is 9.88. The number of aromatic nitrogens is 1. The van der Waals surface area contributed by atoms with Gasteiger partial charge in [-0.2, -0.15) is 5.10 Å². The molecule has 0 amide bonds. The molecule has 0 saturated carbocycles. The van der Waals surface area contributed by atoms with Gasteiger partial charge >= 0.3 is 23.9 Å². The third-order valence-electron chi connectivity index (χ3n) is 9.71. The molecule has 14 heteroatoms. The van der Waals surface area contributed by atoms with Crippen LogP contribution in [0.4, 0.5) is 5.13 Å². The van der Waals surface area contributed by atoms with Gasteiger partial charge < -0.3 is 28.4 Å². The molecule has 1 N–H and O–H groups in total. The first-order chi connectivity index (χ1) is 31.3. The number of nitrogens with zero attached hydrogens (tertiary/aromatic N) is 2. The smallest absolute Gasteiger partial charge is 0.338 e. The summed E-state index contributed by atoms with van der Waals surface area (Å²) in [6.45, 7) is 8.93. The summed E-state index contributed by atoms with van der Waals surface area (Å²) in [4.78, 5) is 52.6. The summed E-state index contributed by atoms with van der Waals surface area (Å²) in [5.41, 5.74) is 7.43. The number of carbonyl (C=O) groups excluding carboxylic acids is 4. The number of hydrogen-bond donors (Lipinski definition) is 1. The van der Waals surface area contributed by atoms with Crippen molar-refractivity contribution in [2.75, 3.05) is 45.1 Å². The van der Waals surface area contributed by atoms with E-state index in [1.54, 1.807) is 54.7 Å². The lowest BCUT2D eigenvalue weighted by molar-refractivity contribution is -0.138. The molecule has 1 aromatic heterocycles. The zero-order chi connectivity index (χ0) is 45.2. The summed E-state index contributed by atoms with van der Waals surface area (Å²) in [5.74, 6) is -0.348. The number of nitrogens with one attached hydrogen (secondary N) is 1. The van der Waals surface area contributed by atoms with E-state index in [1.165, 1.54) is 11.3 Å². The molecule has 0 spiro atoms. The summed E-state index contributed by atoms with van der Waals surface area (Å²) in [6.07, 6.45) is 12.0. The SMILES string of the molecule is C=CC(=O)OCCCCCCOc1ccc(C(=O)OCCc2ccc(CCOC(=O)c3ccc(OCCCCCCOC(=O)C=C)cc3)c(/C=N/Nc3nc4ccccc4s3)c2)cc1. The predicted molar refractivity (Wildman–Crippen MR) is 248 cm³/mol. The number of carbonyl (C=O) groups is 4. The molecule has 0 aliphatic rings. The van der Waals surface area contributed by atoms with E-state index in [2.05, 4.69) is 28.7 Å². The average Bonchev–Trinajstić information content (AvgIpc) is 3.74. The topological polar surface area (TPSA) is 161 Å². The van der Waals surface area contributed by atoms with E-state index in [0.717, 1.165) is 90.4 Å². The van der Waals surface area contributed by atoms with Crippen LogP contribution in [0.15, 0.2) is 121 Å². The van der Waals surface area contributed by atoms with E-state index in [-0.39, 0.29) is 13.2 Å². The largest absolute Gasteiger partial charge is 0.494 e. The molecule has 0 aliphatic carbocycles. The van der Waals surface area contributed by atoms with Crippen LogP contribution in [-0.2, 0) is 41.4 Å². The lowest BCUT2D eigenvalue weighted by Crippen LogP contribution is -2.10. The minimum atomic E-state index is -0.439. The van der Waals surface area contributed by atoms with E-state index in [9.17, 15) is 19.2 Å². The summed E-state index contributed by atoms with van der Waals surface area (Å²) < 4.78 is 33.9. The Morgan fingerprint density at radius 1 is 0.594 bits per heavy atom. The number of hydrogen-bond acceptors (Lipinski definition) is 14. The van der Waals surface area contributed by atoms with E-state index >= 15 is 0 Å². The Morgan fingerprint density at radius 2 is 1.12 bits per heavy atom. The molecule has 1 heterocycles. The maximum atomic E-state index is 12.9. The zero-order valence-electron chi connectivity index (χ0n) is 36.0. The number of rotatable bonds is 29. The van der Waals surface area contributed by atoms with E-state index < -0.39 is 23.9 Å². The standard InChI is InChI=1S/C50H55N3O10S/c1-3-46(54)60-31-13-7-5-11-29-58-42-23-19-39(20-24-42)48(56)62-33-27-37-17-18-38(41(35-37)36-51-53-50-52-44-15-9-10-16-45(44)64-50)28-34-63-49(57)40-21-25-43(26-22-40)59-30-12-6-8-14-32-61-47(55)4-2/h3-4,9-10,15-26,35-36H,1-2,5-8,11-14,27-34H2,(H,52,53)/b51-36+. The minimum Gasteiger partial charge on any atom is -0.494 e. The number of esters is 4. The summed E-state index contributed by atoms with van der Waals surface area (Å²) in [7, 11) is 0. The van der Waals surface area contributed by atoms with Crippen molar-refractivity contribution in [3.63, 3.8) is 0 Å². The first-order valence-electron chi connectivity index (χ1n) is 21.5. The molecular weight excluding hydrogens is 835 g/mol. The fourth-order valence-electron chi connectivity index (χ4n) is 6.24. The van der Waals surface area contributed by atoms with Crippen LogP contribution in [-0.4, -0.2) is 74.7 Å². The molecule has 5 rings (SSSR count). The number of benzene rings is 4. The highest BCUT2D eigenvalue weighted by atomic mass is 32.1. The van der Waals surface area contributed by atoms with Gasteiger partial charge in [0, 0.05) is 25.0 Å². The monoisotopic (exact) mass is 889 g/mol. The molecule has 0 atom stereocenters. The van der Waals surface area contributed by atoms with Crippen molar-refractivity contribution in [1.82, 2.24) is 4.98 Å². The Kier molecular flexibility index (Phi) is 20.6. The Morgan fingerprint density at radius 3 is 1.67 bits per heavy atom. The maximum Gasteiger partial charge on any atom is 0.338 e. The Balaban J connectivity index is 1.07. The molecule has 5 aromatic rings. The van der Waals surface area contributed by atoms with Gasteiger partial charge in [-0.3, -0.25) is 5.43 Å². The highest BCUT2D eigenvalue weighted by Crippen LogP contribution is 2.25. The molecule has 4 aromatic carbocycles. The lowest BCUT2D eigenvalue weighted by atomic mass is 10.0. The fourth-order valence-corrected chi connectivity index (χ4v) is 7.06. The molecule has 0 radical (unpaired) electrons. The van der Waals surface area contributed by atoms with Crippen molar-refractivity contribution in [2.24, 2.45) is 5.10 Å². The van der Waals surface area contributed by atoms with Crippen LogP contribution < -0.4 is 14.9 Å². The highest BCUT2D eigenvalue weighted by Gasteiger charge is 2.12. The number of hydrazone groups is 1. The van der Waals surface area contributed by atoms with Crippen molar-refractivity contribution in [3.8, 4) is 11.5 Å². The normalized spacial score (nSPS) is 10.9. The molecule has 13 nitrogen and oxygen atoms in total. The molecule has 0 unspecified atom stereocenters. The number of fused-ring (bicyclic) bond motifs is 1. The average molecular weight is 890 g/mol. The first-order valence-corrected chi connectivity index (χ1v) is 22.3. The van der Waals surface area contributed by atoms with Gasteiger partial charge in [0.15, 0.2) is 0 Å². The molecule has 0 fully saturated rings. The van der Waals surface area contributed by atoms with Crippen molar-refractivity contribution < 1.29 is 47.6 Å². The second-order valence-corrected chi connectivity index (χ2v) is 15.5. The van der Waals surface area contributed by atoms with Gasteiger partial charge in [-0.15, -0.1) is 0 Å². The highest BCUT2D eigenvalue weighted by molar-refractivity contribution is 7.22. The van der Waals surface area contributed by atoms with Gasteiger partial charge in [0.1, 0.15) is 11.5 Å². The third kappa shape index (κ3) is 17.2. The van der Waals surface area contributed by atoms with Crippen LogP contribution >= 0.6 is 11.3 Å². The minimum absolute atomic E-state index is 0.146. The number of para-hydroxylation sites is 1. The molecule has 0 saturated heterocycles. The molecule has 0 aliphatic heterocycles. The zero-order valence-corrected chi connectivity index (χ0v) is 36.8. The second-order valence-electron chi connectivity index (χ2n) is 14.5. The number of unbranched alkanes of at least 4 members (excludes halogenated alkanes) is 6. The van der Waals surface area contributed by atoms with Crippen LogP contribution in [0.3, 0.4) is 0 Å². The van der Waals surface area contributed by atoms with Crippen LogP contribution in [0.2, 0.25) is 0 Å². The molecule has 64 heavy (non-hydrogen) atoms. The van der Waals surface area contributed by atoms with Gasteiger partial charge in [-0.25, -0.2) is 24.2 Å². The lowest BCUT2D eigenvalue weighted by Gasteiger charge is -2.11. The number of thiazole rings is 1. The van der Waals surface area contributed by atoms with Crippen LogP contribution in [0, 0.1) is 0 Å². The van der Waals surface area contributed by atoms with Gasteiger partial charge in [0.25, 0.3) is 0 Å². The van der Waals surface area contributed by atoms with Crippen molar-refractivity contribution in [3.05, 3.63) is 144 Å². The van der Waals surface area contributed by atoms with Gasteiger partial charge in [0.05, 0.1) is 67.2 Å². The molecular formula is C50H55N3O10S. The summed E-state index contributed by atoms with van der Waals surface area (Å²) in [6, 6.07) is 27.5. The van der Waals surface area contributed by atoms with Crippen molar-refractivity contribution in [1.29, 1.82) is 0 Å². The summed E-state index contributed by atoms with van der Waals surface area (Å²) in [5, 5.41) is 5.14. The van der Waals surface area contributed by atoms with E-state index in [1.807, 2.05) is 42.5 Å². The van der Waals surface area contributed by atoms with Crippen molar-refractivity contribution in [2.45, 2.75) is 64.2 Å². The maximum absolute atomic E-state index is 12.9. The quantitative estimate of drug-likeness (QED) is 0.0121.